The van der Waals surface area contributed by atoms with E-state index in [-0.39, 0.29) is 6.10 Å². The van der Waals surface area contributed by atoms with Crippen LogP contribution in [-0.4, -0.2) is 33.0 Å². The van der Waals surface area contributed by atoms with E-state index in [9.17, 15) is 5.11 Å². The Bertz CT molecular complexity index is 448. The lowest BCUT2D eigenvalue weighted by molar-refractivity contribution is 0.0736. The smallest absolute Gasteiger partial charge is 0.118 e. The fraction of sp³-hybridized carbons (Fsp3) is 0.556. The topological polar surface area (TPSA) is 38.7 Å². The summed E-state index contributed by atoms with van der Waals surface area (Å²) in [6.45, 7) is 12.2. The average molecular weight is 323 g/mol. The Balaban J connectivity index is 2.19. The molecule has 4 heteroatoms. The third kappa shape index (κ3) is 8.37. The number of aliphatic hydroxyl groups excluding tert-OH is 1. The van der Waals surface area contributed by atoms with Crippen LogP contribution in [0.1, 0.15) is 18.4 Å². The molecule has 0 fully saturated rings. The van der Waals surface area contributed by atoms with E-state index in [2.05, 4.69) is 26.2 Å². The summed E-state index contributed by atoms with van der Waals surface area (Å²) in [5.41, 5.74) is 2.28. The Hall–Kier alpha value is -1.10. The zero-order valence-corrected chi connectivity index (χ0v) is 15.4. The molecule has 0 radical (unpaired) electrons. The average Bonchev–Trinajstić information content (AvgIpc) is 2.42. The highest BCUT2D eigenvalue weighted by atomic mass is 28.3. The number of hydrogen-bond donors (Lipinski definition) is 1. The quantitative estimate of drug-likeness (QED) is 0.398. The molecule has 0 aliphatic heterocycles. The number of hydrogen-bond acceptors (Lipinski definition) is 3. The molecule has 0 heterocycles. The van der Waals surface area contributed by atoms with Crippen LogP contribution in [0.4, 0.5) is 0 Å². The van der Waals surface area contributed by atoms with Crippen molar-refractivity contribution < 1.29 is 14.6 Å². The maximum atomic E-state index is 10.0. The van der Waals surface area contributed by atoms with E-state index < -0.39 is 8.07 Å². The summed E-state index contributed by atoms with van der Waals surface area (Å²) < 4.78 is 10.7. The first-order chi connectivity index (χ1) is 10.3. The third-order valence-electron chi connectivity index (χ3n) is 3.33. The van der Waals surface area contributed by atoms with Gasteiger partial charge in [-0.2, -0.15) is 0 Å². The molecule has 0 amide bonds. The van der Waals surface area contributed by atoms with E-state index in [4.69, 9.17) is 9.47 Å². The first kappa shape index (κ1) is 18.9. The van der Waals surface area contributed by atoms with Gasteiger partial charge in [0.15, 0.2) is 0 Å². The Kier molecular flexibility index (Phi) is 7.86. The van der Waals surface area contributed by atoms with Crippen LogP contribution in [-0.2, 0) is 11.3 Å². The molecule has 3 nitrogen and oxygen atoms in total. The van der Waals surface area contributed by atoms with E-state index in [0.717, 1.165) is 17.4 Å². The van der Waals surface area contributed by atoms with Gasteiger partial charge < -0.3 is 14.6 Å². The predicted octanol–water partition coefficient (Wildman–Crippen LogP) is 4.25. The molecule has 0 saturated carbocycles. The molecule has 1 atom stereocenters. The van der Waals surface area contributed by atoms with Gasteiger partial charge in [0.1, 0.15) is 5.75 Å². The van der Waals surface area contributed by atoms with Crippen LogP contribution in [0.2, 0.25) is 25.7 Å². The summed E-state index contributed by atoms with van der Waals surface area (Å²) in [6, 6.07) is 8.91. The van der Waals surface area contributed by atoms with Crippen molar-refractivity contribution in [3.8, 4) is 5.75 Å². The monoisotopic (exact) mass is 322 g/mol. The van der Waals surface area contributed by atoms with Crippen LogP contribution >= 0.6 is 0 Å². The van der Waals surface area contributed by atoms with Gasteiger partial charge in [0.2, 0.25) is 0 Å². The minimum Gasteiger partial charge on any atom is -0.497 e. The van der Waals surface area contributed by atoms with Gasteiger partial charge in [0.05, 0.1) is 19.8 Å². The van der Waals surface area contributed by atoms with Crippen LogP contribution in [0.25, 0.3) is 0 Å². The summed E-state index contributed by atoms with van der Waals surface area (Å²) in [6.07, 6.45) is 0.997. The van der Waals surface area contributed by atoms with E-state index in [1.54, 1.807) is 7.11 Å². The first-order valence-electron chi connectivity index (χ1n) is 7.85. The van der Waals surface area contributed by atoms with Crippen molar-refractivity contribution in [2.75, 3.05) is 13.7 Å². The van der Waals surface area contributed by atoms with Crippen molar-refractivity contribution in [3.63, 3.8) is 0 Å². The largest absolute Gasteiger partial charge is 0.497 e. The van der Waals surface area contributed by atoms with Gasteiger partial charge in [-0.25, -0.2) is 0 Å². The van der Waals surface area contributed by atoms with Crippen molar-refractivity contribution in [3.05, 3.63) is 42.0 Å². The summed E-state index contributed by atoms with van der Waals surface area (Å²) in [7, 11) is 0.526. The van der Waals surface area contributed by atoms with Crippen molar-refractivity contribution in [2.45, 2.75) is 51.2 Å². The molecule has 0 unspecified atom stereocenters. The van der Waals surface area contributed by atoms with E-state index in [0.29, 0.717) is 26.1 Å². The van der Waals surface area contributed by atoms with Gasteiger partial charge >= 0.3 is 0 Å². The highest BCUT2D eigenvalue weighted by Gasteiger charge is 2.16. The molecule has 0 bridgehead atoms. The second-order valence-corrected chi connectivity index (χ2v) is 12.5. The Morgan fingerprint density at radius 2 is 1.86 bits per heavy atom. The molecule has 1 rings (SSSR count). The van der Waals surface area contributed by atoms with Gasteiger partial charge in [-0.15, -0.1) is 6.58 Å². The number of benzene rings is 1. The van der Waals surface area contributed by atoms with Crippen molar-refractivity contribution in [1.82, 2.24) is 0 Å². The molecule has 0 aliphatic carbocycles. The summed E-state index contributed by atoms with van der Waals surface area (Å²) in [5, 5.41) is 10.0. The highest BCUT2D eigenvalue weighted by molar-refractivity contribution is 6.76. The molecule has 0 spiro atoms. The van der Waals surface area contributed by atoms with Gasteiger partial charge in [-0.1, -0.05) is 37.3 Å². The minimum absolute atomic E-state index is 0.347. The number of methoxy groups -OCH3 is 1. The molecule has 22 heavy (non-hydrogen) atoms. The zero-order chi connectivity index (χ0) is 16.6. The molecule has 1 aromatic rings. The van der Waals surface area contributed by atoms with E-state index in [1.165, 1.54) is 5.57 Å². The number of ether oxygens (including phenoxy) is 2. The van der Waals surface area contributed by atoms with Crippen molar-refractivity contribution >= 4 is 8.07 Å². The highest BCUT2D eigenvalue weighted by Crippen LogP contribution is 2.19. The van der Waals surface area contributed by atoms with Crippen LogP contribution in [0.3, 0.4) is 0 Å². The molecule has 0 aliphatic rings. The first-order valence-corrected chi connectivity index (χ1v) is 11.6. The Morgan fingerprint density at radius 3 is 2.41 bits per heavy atom. The van der Waals surface area contributed by atoms with Crippen molar-refractivity contribution in [2.24, 2.45) is 0 Å². The molecule has 0 aromatic heterocycles. The molecule has 124 valence electrons. The van der Waals surface area contributed by atoms with Gasteiger partial charge in [-0.3, -0.25) is 0 Å². The molecular weight excluding hydrogens is 292 g/mol. The van der Waals surface area contributed by atoms with Crippen LogP contribution < -0.4 is 4.74 Å². The normalized spacial score (nSPS) is 13.0. The molecule has 0 saturated heterocycles. The fourth-order valence-corrected chi connectivity index (χ4v) is 4.03. The van der Waals surface area contributed by atoms with Crippen LogP contribution in [0.5, 0.6) is 5.75 Å². The molecule has 1 N–H and O–H groups in total. The van der Waals surface area contributed by atoms with Crippen molar-refractivity contribution in [1.29, 1.82) is 0 Å². The summed E-state index contributed by atoms with van der Waals surface area (Å²) in [5.74, 6) is 0.847. The SMILES string of the molecule is C=C(C[C@@H](O)CCOCc1ccc(OC)cc1)C[Si](C)(C)C. The lowest BCUT2D eigenvalue weighted by Crippen LogP contribution is -2.21. The van der Waals surface area contributed by atoms with E-state index >= 15 is 0 Å². The summed E-state index contributed by atoms with van der Waals surface area (Å²) >= 11 is 0. The summed E-state index contributed by atoms with van der Waals surface area (Å²) in [4.78, 5) is 0. The third-order valence-corrected chi connectivity index (χ3v) is 4.89. The maximum Gasteiger partial charge on any atom is 0.118 e. The van der Waals surface area contributed by atoms with Crippen LogP contribution in [0.15, 0.2) is 36.4 Å². The fourth-order valence-electron chi connectivity index (χ4n) is 2.39. The van der Waals surface area contributed by atoms with Gasteiger partial charge in [0.25, 0.3) is 0 Å². The standard InChI is InChI=1S/C18H30O3Si/c1-15(14-22(3,4)5)12-17(19)10-11-21-13-16-6-8-18(20-2)9-7-16/h6-9,17,19H,1,10-14H2,2-5H3/t17-/m0/s1. The predicted molar refractivity (Wildman–Crippen MR) is 95.2 cm³/mol. The minimum atomic E-state index is -1.13. The lowest BCUT2D eigenvalue weighted by atomic mass is 10.1. The lowest BCUT2D eigenvalue weighted by Gasteiger charge is -2.19. The molecule has 1 aromatic carbocycles. The maximum absolute atomic E-state index is 10.0. The number of aliphatic hydroxyl groups is 1. The Labute approximate surface area is 136 Å². The van der Waals surface area contributed by atoms with E-state index in [1.807, 2.05) is 24.3 Å². The van der Waals surface area contributed by atoms with Gasteiger partial charge in [-0.05, 0) is 36.6 Å². The second kappa shape index (κ2) is 9.13. The zero-order valence-electron chi connectivity index (χ0n) is 14.4. The number of rotatable bonds is 10. The second-order valence-electron chi connectivity index (χ2n) is 7.03. The molecular formula is C18H30O3Si. The van der Waals surface area contributed by atoms with Crippen LogP contribution in [0, 0.1) is 0 Å². The van der Waals surface area contributed by atoms with Gasteiger partial charge in [0, 0.05) is 14.7 Å². The Morgan fingerprint density at radius 1 is 1.23 bits per heavy atom.